The van der Waals surface area contributed by atoms with Crippen molar-refractivity contribution in [2.24, 2.45) is 7.05 Å². The molecule has 2 heterocycles. The molecule has 0 atom stereocenters. The molecule has 2 N–H and O–H groups in total. The lowest BCUT2D eigenvalue weighted by Crippen LogP contribution is -2.42. The number of urea groups is 1. The fraction of sp³-hybridized carbons (Fsp3) is 0.333. The summed E-state index contributed by atoms with van der Waals surface area (Å²) in [5, 5.41) is 9.77. The van der Waals surface area contributed by atoms with Crippen molar-refractivity contribution in [2.45, 2.75) is 6.67 Å². The number of anilines is 2. The van der Waals surface area contributed by atoms with Gasteiger partial charge in [-0.2, -0.15) is 5.10 Å². The Balaban J connectivity index is 1.43. The maximum Gasteiger partial charge on any atom is 0.323 e. The van der Waals surface area contributed by atoms with Crippen molar-refractivity contribution in [3.63, 3.8) is 0 Å². The van der Waals surface area contributed by atoms with Crippen molar-refractivity contribution in [1.82, 2.24) is 14.7 Å². The number of ether oxygens (including phenoxy) is 1. The number of aromatic nitrogens is 2. The molecule has 9 nitrogen and oxygen atoms in total. The summed E-state index contributed by atoms with van der Waals surface area (Å²) in [6.07, 6.45) is 1.68. The fourth-order valence-electron chi connectivity index (χ4n) is 3.80. The number of hydrogen-bond acceptors (Lipinski definition) is 6. The highest BCUT2D eigenvalue weighted by Gasteiger charge is 2.21. The van der Waals surface area contributed by atoms with Gasteiger partial charge in [-0.3, -0.25) is 9.58 Å². The summed E-state index contributed by atoms with van der Waals surface area (Å²) < 4.78 is 43.7. The molecular weight excluding hydrogens is 473 g/mol. The average molecular weight is 502 g/mol. The Morgan fingerprint density at radius 2 is 1.74 bits per heavy atom. The summed E-state index contributed by atoms with van der Waals surface area (Å²) in [5.41, 5.74) is 3.23. The Hall–Kier alpha value is -3.44. The van der Waals surface area contributed by atoms with Crippen LogP contribution in [0.2, 0.25) is 0 Å². The van der Waals surface area contributed by atoms with Crippen LogP contribution in [-0.2, 0) is 23.6 Å². The molecular formula is C24H28FN5O4S. The lowest BCUT2D eigenvalue weighted by Gasteiger charge is -2.26. The van der Waals surface area contributed by atoms with E-state index in [-0.39, 0.29) is 11.5 Å². The molecule has 1 saturated heterocycles. The molecule has 0 saturated carbocycles. The van der Waals surface area contributed by atoms with Gasteiger partial charge in [0.25, 0.3) is 0 Å². The zero-order chi connectivity index (χ0) is 24.8. The van der Waals surface area contributed by atoms with Gasteiger partial charge in [0.15, 0.2) is 9.84 Å². The first kappa shape index (κ1) is 24.7. The summed E-state index contributed by atoms with van der Waals surface area (Å²) in [6.45, 7) is 1.47. The normalized spacial score (nSPS) is 15.5. The minimum Gasteiger partial charge on any atom is -0.492 e. The number of benzene rings is 2. The monoisotopic (exact) mass is 501 g/mol. The topological polar surface area (TPSA) is 106 Å². The summed E-state index contributed by atoms with van der Waals surface area (Å²) in [4.78, 5) is 14.6. The van der Waals surface area contributed by atoms with E-state index in [2.05, 4.69) is 20.6 Å². The van der Waals surface area contributed by atoms with Gasteiger partial charge < -0.3 is 15.4 Å². The number of nitrogens with one attached hydrogen (secondary N) is 2. The number of nitrogens with zero attached hydrogens (tertiary/aromatic N) is 3. The second-order valence-electron chi connectivity index (χ2n) is 8.30. The molecule has 2 amide bonds. The third-order valence-corrected chi connectivity index (χ3v) is 7.41. The van der Waals surface area contributed by atoms with Gasteiger partial charge >= 0.3 is 6.03 Å². The Kier molecular flexibility index (Phi) is 7.67. The zero-order valence-electron chi connectivity index (χ0n) is 19.4. The molecule has 0 unspecified atom stereocenters. The number of carbonyl (C=O) groups is 1. The maximum absolute atomic E-state index is 12.7. The van der Waals surface area contributed by atoms with Crippen LogP contribution in [0.15, 0.2) is 54.7 Å². The first-order chi connectivity index (χ1) is 16.8. The molecule has 0 aliphatic carbocycles. The SMILES string of the molecule is Cn1nccc1-c1cc(NC(=O)Nc2ccc(CF)cc2)ccc1OCCN1CCS(=O)(=O)CC1. The van der Waals surface area contributed by atoms with E-state index >= 15 is 0 Å². The van der Waals surface area contributed by atoms with Crippen LogP contribution < -0.4 is 15.4 Å². The predicted molar refractivity (Wildman–Crippen MR) is 133 cm³/mol. The van der Waals surface area contributed by atoms with Gasteiger partial charge in [-0.15, -0.1) is 0 Å². The lowest BCUT2D eigenvalue weighted by atomic mass is 10.1. The van der Waals surface area contributed by atoms with Crippen LogP contribution in [-0.4, -0.2) is 66.9 Å². The van der Waals surface area contributed by atoms with Gasteiger partial charge in [0.1, 0.15) is 19.0 Å². The molecule has 0 bridgehead atoms. The first-order valence-electron chi connectivity index (χ1n) is 11.2. The second kappa shape index (κ2) is 10.9. The van der Waals surface area contributed by atoms with E-state index in [0.29, 0.717) is 48.9 Å². The van der Waals surface area contributed by atoms with Crippen LogP contribution >= 0.6 is 0 Å². The van der Waals surface area contributed by atoms with Gasteiger partial charge in [0.2, 0.25) is 0 Å². The number of aryl methyl sites for hydroxylation is 1. The third-order valence-electron chi connectivity index (χ3n) is 5.80. The number of hydrogen-bond donors (Lipinski definition) is 2. The highest BCUT2D eigenvalue weighted by Crippen LogP contribution is 2.32. The van der Waals surface area contributed by atoms with Crippen molar-refractivity contribution in [2.75, 3.05) is 48.4 Å². The molecule has 0 spiro atoms. The molecule has 0 radical (unpaired) electrons. The summed E-state index contributed by atoms with van der Waals surface area (Å²) in [7, 11) is -1.10. The number of carbonyl (C=O) groups excluding carboxylic acids is 1. The van der Waals surface area contributed by atoms with E-state index in [9.17, 15) is 17.6 Å². The minimum absolute atomic E-state index is 0.176. The number of sulfone groups is 1. The van der Waals surface area contributed by atoms with Crippen LogP contribution in [0.4, 0.5) is 20.6 Å². The third kappa shape index (κ3) is 6.58. The highest BCUT2D eigenvalue weighted by molar-refractivity contribution is 7.91. The van der Waals surface area contributed by atoms with Gasteiger partial charge in [-0.1, -0.05) is 12.1 Å². The van der Waals surface area contributed by atoms with Gasteiger partial charge in [0.05, 0.1) is 17.2 Å². The van der Waals surface area contributed by atoms with Gasteiger partial charge in [0, 0.05) is 49.8 Å². The quantitative estimate of drug-likeness (QED) is 0.491. The number of halogens is 1. The predicted octanol–water partition coefficient (Wildman–Crippen LogP) is 3.31. The molecule has 1 aromatic heterocycles. The smallest absolute Gasteiger partial charge is 0.323 e. The van der Waals surface area contributed by atoms with Crippen LogP contribution in [0.3, 0.4) is 0 Å². The van der Waals surface area contributed by atoms with E-state index < -0.39 is 22.5 Å². The molecule has 186 valence electrons. The summed E-state index contributed by atoms with van der Waals surface area (Å²) >= 11 is 0. The fourth-order valence-corrected chi connectivity index (χ4v) is 5.08. The largest absolute Gasteiger partial charge is 0.492 e. The zero-order valence-corrected chi connectivity index (χ0v) is 20.2. The number of rotatable bonds is 8. The molecule has 35 heavy (non-hydrogen) atoms. The average Bonchev–Trinajstić information content (AvgIpc) is 3.27. The van der Waals surface area contributed by atoms with E-state index in [0.717, 1.165) is 11.3 Å². The molecule has 4 rings (SSSR count). The Labute approximate surface area is 203 Å². The number of alkyl halides is 1. The maximum atomic E-state index is 12.7. The van der Waals surface area contributed by atoms with Gasteiger partial charge in [-0.05, 0) is 42.0 Å². The van der Waals surface area contributed by atoms with Crippen molar-refractivity contribution >= 4 is 27.2 Å². The van der Waals surface area contributed by atoms with E-state index in [4.69, 9.17) is 4.74 Å². The van der Waals surface area contributed by atoms with Gasteiger partial charge in [-0.25, -0.2) is 17.6 Å². The highest BCUT2D eigenvalue weighted by atomic mass is 32.2. The van der Waals surface area contributed by atoms with Crippen LogP contribution in [0, 0.1) is 0 Å². The summed E-state index contributed by atoms with van der Waals surface area (Å²) in [5.74, 6) is 0.983. The van der Waals surface area contributed by atoms with E-state index in [1.165, 1.54) is 0 Å². The lowest BCUT2D eigenvalue weighted by molar-refractivity contribution is 0.220. The molecule has 11 heteroatoms. The summed E-state index contributed by atoms with van der Waals surface area (Å²) in [6, 6.07) is 13.3. The second-order valence-corrected chi connectivity index (χ2v) is 10.6. The van der Waals surface area contributed by atoms with Crippen molar-refractivity contribution < 1.29 is 22.3 Å². The molecule has 1 fully saturated rings. The van der Waals surface area contributed by atoms with E-state index in [1.807, 2.05) is 19.2 Å². The van der Waals surface area contributed by atoms with Crippen molar-refractivity contribution in [1.29, 1.82) is 0 Å². The van der Waals surface area contributed by atoms with Crippen molar-refractivity contribution in [3.8, 4) is 17.0 Å². The molecule has 1 aliphatic rings. The van der Waals surface area contributed by atoms with Crippen molar-refractivity contribution in [3.05, 3.63) is 60.3 Å². The van der Waals surface area contributed by atoms with Crippen LogP contribution in [0.5, 0.6) is 5.75 Å². The Morgan fingerprint density at radius 3 is 2.40 bits per heavy atom. The standard InChI is InChI=1S/C24H28FN5O4S/c1-29-22(8-9-26-29)21-16-20(28-24(31)27-19-4-2-18(17-25)3-5-19)6-7-23(21)34-13-10-30-11-14-35(32,33)15-12-30/h2-9,16H,10-15,17H2,1H3,(H2,27,28,31). The number of amides is 2. The Bertz CT molecular complexity index is 1260. The van der Waals surface area contributed by atoms with E-state index in [1.54, 1.807) is 47.3 Å². The Morgan fingerprint density at radius 1 is 1.06 bits per heavy atom. The van der Waals surface area contributed by atoms with Crippen LogP contribution in [0.25, 0.3) is 11.3 Å². The molecule has 1 aliphatic heterocycles. The molecule has 3 aromatic rings. The minimum atomic E-state index is -2.92. The first-order valence-corrected chi connectivity index (χ1v) is 13.1. The molecule has 2 aromatic carbocycles. The van der Waals surface area contributed by atoms with Crippen LogP contribution in [0.1, 0.15) is 5.56 Å².